The van der Waals surface area contributed by atoms with Gasteiger partial charge in [0.05, 0.1) is 11.6 Å². The maximum Gasteiger partial charge on any atom is 0.0991 e. The molecule has 0 unspecified atom stereocenters. The number of fused-ring (bicyclic) bond motifs is 4. The molecule has 180 valence electrons. The maximum atomic E-state index is 9.34. The second kappa shape index (κ2) is 8.60. The third kappa shape index (κ3) is 3.34. The van der Waals surface area contributed by atoms with Gasteiger partial charge in [0, 0.05) is 15.2 Å². The van der Waals surface area contributed by atoms with Crippen molar-refractivity contribution in [2.24, 2.45) is 0 Å². The van der Waals surface area contributed by atoms with Gasteiger partial charge >= 0.3 is 0 Å². The van der Waals surface area contributed by atoms with E-state index in [2.05, 4.69) is 121 Å². The van der Waals surface area contributed by atoms with Crippen molar-refractivity contribution in [1.82, 2.24) is 0 Å². The Morgan fingerprint density at radius 1 is 0.487 bits per heavy atom. The zero-order valence-corrected chi connectivity index (χ0v) is 21.8. The van der Waals surface area contributed by atoms with Crippen molar-refractivity contribution in [2.75, 3.05) is 0 Å². The van der Waals surface area contributed by atoms with Crippen molar-refractivity contribution in [3.63, 3.8) is 0 Å². The molecule has 7 aromatic rings. The van der Waals surface area contributed by atoms with Crippen LogP contribution in [-0.2, 0) is 0 Å². The van der Waals surface area contributed by atoms with Crippen LogP contribution in [0.3, 0.4) is 0 Å². The Balaban J connectivity index is 1.44. The van der Waals surface area contributed by atoms with E-state index in [-0.39, 0.29) is 0 Å². The average molecular weight is 512 g/mol. The highest BCUT2D eigenvalue weighted by Crippen LogP contribution is 2.50. The SMILES string of the molecule is N#Cc1ccc(-c2c3ccccc3c(-c3ccc4c(c3)-c3cccc5cccc(c35)S4)c3ccccc23)cc1. The number of rotatable bonds is 2. The van der Waals surface area contributed by atoms with Crippen LogP contribution in [0.1, 0.15) is 5.56 Å². The maximum absolute atomic E-state index is 9.34. The summed E-state index contributed by atoms with van der Waals surface area (Å²) in [7, 11) is 0. The Bertz CT molecular complexity index is 2090. The van der Waals surface area contributed by atoms with Gasteiger partial charge in [-0.25, -0.2) is 0 Å². The lowest BCUT2D eigenvalue weighted by Crippen LogP contribution is -1.95. The van der Waals surface area contributed by atoms with E-state index in [4.69, 9.17) is 0 Å². The lowest BCUT2D eigenvalue weighted by atomic mass is 9.85. The molecule has 0 spiro atoms. The van der Waals surface area contributed by atoms with Crippen molar-refractivity contribution in [2.45, 2.75) is 9.79 Å². The highest BCUT2D eigenvalue weighted by molar-refractivity contribution is 7.99. The minimum Gasteiger partial charge on any atom is -0.192 e. The third-order valence-electron chi connectivity index (χ3n) is 7.88. The van der Waals surface area contributed by atoms with Crippen LogP contribution in [-0.4, -0.2) is 0 Å². The first-order valence-corrected chi connectivity index (χ1v) is 13.9. The normalized spacial score (nSPS) is 12.0. The van der Waals surface area contributed by atoms with Crippen LogP contribution in [0.15, 0.2) is 137 Å². The fourth-order valence-corrected chi connectivity index (χ4v) is 7.31. The van der Waals surface area contributed by atoms with Crippen LogP contribution in [0, 0.1) is 11.3 Å². The molecule has 39 heavy (non-hydrogen) atoms. The summed E-state index contributed by atoms with van der Waals surface area (Å²) in [5, 5.41) is 16.9. The minimum absolute atomic E-state index is 0.674. The van der Waals surface area contributed by atoms with Crippen molar-refractivity contribution in [3.8, 4) is 39.4 Å². The third-order valence-corrected chi connectivity index (χ3v) is 9.01. The highest BCUT2D eigenvalue weighted by Gasteiger charge is 2.21. The van der Waals surface area contributed by atoms with Gasteiger partial charge in [0.25, 0.3) is 0 Å². The Morgan fingerprint density at radius 3 is 1.72 bits per heavy atom. The van der Waals surface area contributed by atoms with Gasteiger partial charge < -0.3 is 0 Å². The molecule has 1 heterocycles. The second-order valence-corrected chi connectivity index (χ2v) is 11.1. The lowest BCUT2D eigenvalue weighted by molar-refractivity contribution is 1.40. The fraction of sp³-hybridized carbons (Fsp3) is 0. The van der Waals surface area contributed by atoms with Crippen LogP contribution < -0.4 is 0 Å². The molecule has 0 radical (unpaired) electrons. The molecule has 2 heteroatoms. The van der Waals surface area contributed by atoms with Gasteiger partial charge in [-0.2, -0.15) is 5.26 Å². The van der Waals surface area contributed by atoms with E-state index in [0.29, 0.717) is 5.56 Å². The molecule has 0 fully saturated rings. The predicted molar refractivity (Wildman–Crippen MR) is 164 cm³/mol. The van der Waals surface area contributed by atoms with E-state index in [1.165, 1.54) is 69.9 Å². The van der Waals surface area contributed by atoms with Gasteiger partial charge in [-0.15, -0.1) is 0 Å². The largest absolute Gasteiger partial charge is 0.192 e. The summed E-state index contributed by atoms with van der Waals surface area (Å²) in [6.07, 6.45) is 0. The Morgan fingerprint density at radius 2 is 1.08 bits per heavy atom. The summed E-state index contributed by atoms with van der Waals surface area (Å²) in [6.45, 7) is 0. The van der Waals surface area contributed by atoms with Gasteiger partial charge in [-0.3, -0.25) is 0 Å². The molecule has 7 aromatic carbocycles. The summed E-state index contributed by atoms with van der Waals surface area (Å²) in [5.41, 5.74) is 8.10. The minimum atomic E-state index is 0.674. The van der Waals surface area contributed by atoms with E-state index in [1.807, 2.05) is 23.9 Å². The molecule has 0 N–H and O–H groups in total. The summed E-state index contributed by atoms with van der Waals surface area (Å²) in [4.78, 5) is 2.62. The summed E-state index contributed by atoms with van der Waals surface area (Å²) < 4.78 is 0. The molecule has 0 aliphatic carbocycles. The van der Waals surface area contributed by atoms with E-state index in [0.717, 1.165) is 5.56 Å². The van der Waals surface area contributed by atoms with E-state index < -0.39 is 0 Å². The van der Waals surface area contributed by atoms with Crippen LogP contribution in [0.4, 0.5) is 0 Å². The van der Waals surface area contributed by atoms with Crippen molar-refractivity contribution in [3.05, 3.63) is 133 Å². The standard InChI is InChI=1S/C37H21NS/c38-22-23-15-17-25(18-16-23)35-27-9-1-3-11-29(27)36(30-12-4-2-10-28(30)35)26-19-20-33-32(21-26)31-13-5-7-24-8-6-14-34(39-33)37(24)31/h1-21H. The molecular weight excluding hydrogens is 490 g/mol. The molecule has 0 saturated carbocycles. The number of hydrogen-bond acceptors (Lipinski definition) is 2. The smallest absolute Gasteiger partial charge is 0.0991 e. The molecule has 1 aliphatic rings. The predicted octanol–water partition coefficient (Wildman–Crippen LogP) is 10.5. The molecule has 0 amide bonds. The van der Waals surface area contributed by atoms with Crippen LogP contribution in [0.25, 0.3) is 65.7 Å². The molecule has 0 aromatic heterocycles. The molecule has 0 bridgehead atoms. The first-order valence-electron chi connectivity index (χ1n) is 13.1. The monoisotopic (exact) mass is 511 g/mol. The average Bonchev–Trinajstić information content (AvgIpc) is 3.00. The zero-order chi connectivity index (χ0) is 25.9. The zero-order valence-electron chi connectivity index (χ0n) is 21.0. The van der Waals surface area contributed by atoms with Gasteiger partial charge in [0.15, 0.2) is 0 Å². The van der Waals surface area contributed by atoms with Crippen LogP contribution in [0.2, 0.25) is 0 Å². The number of nitriles is 1. The second-order valence-electron chi connectivity index (χ2n) is 10.0. The van der Waals surface area contributed by atoms with Crippen LogP contribution in [0.5, 0.6) is 0 Å². The first-order chi connectivity index (χ1) is 19.3. The van der Waals surface area contributed by atoms with Gasteiger partial charge in [-0.05, 0) is 90.6 Å². The molecule has 8 rings (SSSR count). The fourth-order valence-electron chi connectivity index (χ4n) is 6.18. The summed E-state index contributed by atoms with van der Waals surface area (Å²) in [6, 6.07) is 47.9. The number of nitrogens with zero attached hydrogens (tertiary/aromatic N) is 1. The molecule has 1 nitrogen and oxygen atoms in total. The Hall–Kier alpha value is -4.84. The van der Waals surface area contributed by atoms with Crippen LogP contribution >= 0.6 is 11.8 Å². The topological polar surface area (TPSA) is 23.8 Å². The van der Waals surface area contributed by atoms with Gasteiger partial charge in [-0.1, -0.05) is 109 Å². The Kier molecular flexibility index (Phi) is 4.89. The molecule has 0 atom stereocenters. The van der Waals surface area contributed by atoms with E-state index in [9.17, 15) is 5.26 Å². The number of hydrogen-bond donors (Lipinski definition) is 0. The van der Waals surface area contributed by atoms with Gasteiger partial charge in [0.2, 0.25) is 0 Å². The first kappa shape index (κ1) is 22.2. The Labute approximate surface area is 231 Å². The quantitative estimate of drug-likeness (QED) is 0.216. The van der Waals surface area contributed by atoms with Crippen molar-refractivity contribution < 1.29 is 0 Å². The summed E-state index contributed by atoms with van der Waals surface area (Å²) >= 11 is 1.87. The van der Waals surface area contributed by atoms with Crippen molar-refractivity contribution in [1.29, 1.82) is 5.26 Å². The van der Waals surface area contributed by atoms with Gasteiger partial charge in [0.1, 0.15) is 0 Å². The number of benzene rings is 7. The summed E-state index contributed by atoms with van der Waals surface area (Å²) in [5.74, 6) is 0. The molecule has 1 aliphatic heterocycles. The lowest BCUT2D eigenvalue weighted by Gasteiger charge is -2.22. The molecular formula is C37H21NS. The van der Waals surface area contributed by atoms with Crippen molar-refractivity contribution >= 4 is 44.1 Å². The van der Waals surface area contributed by atoms with E-state index >= 15 is 0 Å². The van der Waals surface area contributed by atoms with E-state index in [1.54, 1.807) is 0 Å². The highest BCUT2D eigenvalue weighted by atomic mass is 32.2. The molecule has 0 saturated heterocycles.